The van der Waals surface area contributed by atoms with E-state index in [-0.39, 0.29) is 0 Å². The Morgan fingerprint density at radius 3 is 2.24 bits per heavy atom. The SMILES string of the molecule is Cc1ccccc1CN1CCC(N2CCCCCC2)CC1. The van der Waals surface area contributed by atoms with E-state index in [1.807, 2.05) is 0 Å². The molecule has 116 valence electrons. The van der Waals surface area contributed by atoms with Gasteiger partial charge in [0.25, 0.3) is 0 Å². The van der Waals surface area contributed by atoms with E-state index in [0.717, 1.165) is 12.6 Å². The van der Waals surface area contributed by atoms with Crippen molar-refractivity contribution in [2.75, 3.05) is 26.2 Å². The molecule has 0 N–H and O–H groups in total. The summed E-state index contributed by atoms with van der Waals surface area (Å²) in [5, 5.41) is 0. The molecule has 2 heterocycles. The molecule has 0 amide bonds. The van der Waals surface area contributed by atoms with Gasteiger partial charge in [0.05, 0.1) is 0 Å². The minimum Gasteiger partial charge on any atom is -0.300 e. The van der Waals surface area contributed by atoms with Crippen LogP contribution in [0.1, 0.15) is 49.7 Å². The van der Waals surface area contributed by atoms with Gasteiger partial charge in [-0.3, -0.25) is 4.90 Å². The highest BCUT2D eigenvalue weighted by Crippen LogP contribution is 2.22. The van der Waals surface area contributed by atoms with Gasteiger partial charge in [0.2, 0.25) is 0 Å². The van der Waals surface area contributed by atoms with Gasteiger partial charge >= 0.3 is 0 Å². The maximum absolute atomic E-state index is 2.79. The van der Waals surface area contributed by atoms with Crippen LogP contribution in [0.15, 0.2) is 24.3 Å². The Morgan fingerprint density at radius 1 is 0.905 bits per heavy atom. The van der Waals surface area contributed by atoms with Crippen molar-refractivity contribution in [2.24, 2.45) is 0 Å². The zero-order chi connectivity index (χ0) is 14.5. The molecule has 3 rings (SSSR count). The highest BCUT2D eigenvalue weighted by Gasteiger charge is 2.25. The summed E-state index contributed by atoms with van der Waals surface area (Å²) in [6.07, 6.45) is 8.47. The van der Waals surface area contributed by atoms with E-state index in [1.165, 1.54) is 75.8 Å². The second-order valence-electron chi connectivity index (χ2n) is 6.88. The Hall–Kier alpha value is -0.860. The molecule has 1 aromatic carbocycles. The largest absolute Gasteiger partial charge is 0.300 e. The molecule has 21 heavy (non-hydrogen) atoms. The van der Waals surface area contributed by atoms with Gasteiger partial charge in [-0.15, -0.1) is 0 Å². The molecule has 2 saturated heterocycles. The van der Waals surface area contributed by atoms with E-state index < -0.39 is 0 Å². The summed E-state index contributed by atoms with van der Waals surface area (Å²) < 4.78 is 0. The monoisotopic (exact) mass is 286 g/mol. The lowest BCUT2D eigenvalue weighted by atomic mass is 10.0. The Kier molecular flexibility index (Phi) is 5.32. The van der Waals surface area contributed by atoms with Crippen molar-refractivity contribution in [1.29, 1.82) is 0 Å². The summed E-state index contributed by atoms with van der Waals surface area (Å²) in [6, 6.07) is 9.70. The second kappa shape index (κ2) is 7.42. The Balaban J connectivity index is 1.49. The molecule has 0 bridgehead atoms. The van der Waals surface area contributed by atoms with Crippen LogP contribution < -0.4 is 0 Å². The molecule has 0 aromatic heterocycles. The molecule has 2 aliphatic rings. The summed E-state index contributed by atoms with van der Waals surface area (Å²) in [5.74, 6) is 0. The van der Waals surface area contributed by atoms with E-state index in [2.05, 4.69) is 41.0 Å². The third-order valence-corrected chi connectivity index (χ3v) is 5.37. The number of hydrogen-bond donors (Lipinski definition) is 0. The summed E-state index contributed by atoms with van der Waals surface area (Å²) in [4.78, 5) is 5.44. The highest BCUT2D eigenvalue weighted by atomic mass is 15.2. The lowest BCUT2D eigenvalue weighted by Gasteiger charge is -2.38. The number of likely N-dealkylation sites (tertiary alicyclic amines) is 2. The van der Waals surface area contributed by atoms with Crippen LogP contribution in [0.4, 0.5) is 0 Å². The van der Waals surface area contributed by atoms with E-state index in [4.69, 9.17) is 0 Å². The minimum atomic E-state index is 0.858. The van der Waals surface area contributed by atoms with Gasteiger partial charge in [-0.1, -0.05) is 37.1 Å². The number of piperidine rings is 1. The first kappa shape index (κ1) is 15.1. The second-order valence-corrected chi connectivity index (χ2v) is 6.88. The first-order chi connectivity index (χ1) is 10.3. The number of hydrogen-bond acceptors (Lipinski definition) is 2. The molecule has 0 atom stereocenters. The first-order valence-electron chi connectivity index (χ1n) is 8.84. The number of nitrogens with zero attached hydrogens (tertiary/aromatic N) is 2. The van der Waals surface area contributed by atoms with E-state index in [9.17, 15) is 0 Å². The zero-order valence-electron chi connectivity index (χ0n) is 13.6. The molecule has 0 saturated carbocycles. The van der Waals surface area contributed by atoms with Crippen LogP contribution in [0.25, 0.3) is 0 Å². The topological polar surface area (TPSA) is 6.48 Å². The highest BCUT2D eigenvalue weighted by molar-refractivity contribution is 5.25. The number of rotatable bonds is 3. The number of aryl methyl sites for hydroxylation is 1. The summed E-state index contributed by atoms with van der Waals surface area (Å²) in [5.41, 5.74) is 2.94. The normalized spacial score (nSPS) is 23.1. The molecular formula is C19H30N2. The van der Waals surface area contributed by atoms with Crippen LogP contribution in [0.3, 0.4) is 0 Å². The van der Waals surface area contributed by atoms with Crippen LogP contribution >= 0.6 is 0 Å². The summed E-state index contributed by atoms with van der Waals surface area (Å²) in [7, 11) is 0. The Morgan fingerprint density at radius 2 is 1.57 bits per heavy atom. The van der Waals surface area contributed by atoms with Gasteiger partial charge in [-0.25, -0.2) is 0 Å². The molecule has 0 spiro atoms. The van der Waals surface area contributed by atoms with Crippen LogP contribution in [-0.4, -0.2) is 42.0 Å². The predicted octanol–water partition coefficient (Wildman–Crippen LogP) is 3.84. The standard InChI is InChI=1S/C19H30N2/c1-17-8-4-5-9-18(17)16-20-14-10-19(11-15-20)21-12-6-2-3-7-13-21/h4-5,8-9,19H,2-3,6-7,10-16H2,1H3. The average molecular weight is 286 g/mol. The predicted molar refractivity (Wildman–Crippen MR) is 89.5 cm³/mol. The molecule has 0 radical (unpaired) electrons. The molecule has 2 fully saturated rings. The van der Waals surface area contributed by atoms with Crippen LogP contribution in [0, 0.1) is 6.92 Å². The van der Waals surface area contributed by atoms with Gasteiger partial charge in [-0.05, 0) is 69.9 Å². The molecule has 0 aliphatic carbocycles. The van der Waals surface area contributed by atoms with Gasteiger partial charge in [0.15, 0.2) is 0 Å². The van der Waals surface area contributed by atoms with E-state index >= 15 is 0 Å². The van der Waals surface area contributed by atoms with Crippen molar-refractivity contribution in [2.45, 2.75) is 58.0 Å². The molecular weight excluding hydrogens is 256 g/mol. The fraction of sp³-hybridized carbons (Fsp3) is 0.684. The van der Waals surface area contributed by atoms with Gasteiger partial charge < -0.3 is 4.90 Å². The van der Waals surface area contributed by atoms with E-state index in [0.29, 0.717) is 0 Å². The van der Waals surface area contributed by atoms with Crippen molar-refractivity contribution >= 4 is 0 Å². The van der Waals surface area contributed by atoms with E-state index in [1.54, 1.807) is 0 Å². The Labute approximate surface area is 130 Å². The summed E-state index contributed by atoms with van der Waals surface area (Å²) >= 11 is 0. The van der Waals surface area contributed by atoms with Crippen molar-refractivity contribution < 1.29 is 0 Å². The minimum absolute atomic E-state index is 0.858. The quantitative estimate of drug-likeness (QED) is 0.833. The van der Waals surface area contributed by atoms with Crippen LogP contribution in [0.5, 0.6) is 0 Å². The van der Waals surface area contributed by atoms with Crippen LogP contribution in [0.2, 0.25) is 0 Å². The van der Waals surface area contributed by atoms with Crippen molar-refractivity contribution in [3.63, 3.8) is 0 Å². The molecule has 2 heteroatoms. The van der Waals surface area contributed by atoms with Crippen LogP contribution in [-0.2, 0) is 6.54 Å². The molecule has 0 unspecified atom stereocenters. The van der Waals surface area contributed by atoms with Gasteiger partial charge in [-0.2, -0.15) is 0 Å². The number of benzene rings is 1. The third-order valence-electron chi connectivity index (χ3n) is 5.37. The summed E-state index contributed by atoms with van der Waals surface area (Å²) in [6.45, 7) is 8.62. The molecule has 1 aromatic rings. The lowest BCUT2D eigenvalue weighted by Crippen LogP contribution is -2.45. The smallest absolute Gasteiger partial charge is 0.0236 e. The molecule has 2 aliphatic heterocycles. The van der Waals surface area contributed by atoms with Crippen molar-refractivity contribution in [3.8, 4) is 0 Å². The maximum Gasteiger partial charge on any atom is 0.0236 e. The third kappa shape index (κ3) is 4.08. The fourth-order valence-electron chi connectivity index (χ4n) is 3.93. The zero-order valence-corrected chi connectivity index (χ0v) is 13.6. The fourth-order valence-corrected chi connectivity index (χ4v) is 3.93. The Bertz CT molecular complexity index is 427. The lowest BCUT2D eigenvalue weighted by molar-refractivity contribution is 0.107. The van der Waals surface area contributed by atoms with Gasteiger partial charge in [0, 0.05) is 12.6 Å². The van der Waals surface area contributed by atoms with Gasteiger partial charge in [0.1, 0.15) is 0 Å². The average Bonchev–Trinajstić information content (AvgIpc) is 2.80. The van der Waals surface area contributed by atoms with Crippen molar-refractivity contribution in [1.82, 2.24) is 9.80 Å². The maximum atomic E-state index is 2.79. The molecule has 2 nitrogen and oxygen atoms in total. The van der Waals surface area contributed by atoms with Crippen molar-refractivity contribution in [3.05, 3.63) is 35.4 Å². The first-order valence-corrected chi connectivity index (χ1v) is 8.84.